The number of carbonyl (C=O) groups is 1. The summed E-state index contributed by atoms with van der Waals surface area (Å²) in [5.41, 5.74) is 1.42. The summed E-state index contributed by atoms with van der Waals surface area (Å²) in [6.07, 6.45) is 2.46. The average molecular weight is 366 g/mol. The van der Waals surface area contributed by atoms with Crippen LogP contribution in [0.2, 0.25) is 0 Å². The molecule has 0 unspecified atom stereocenters. The van der Waals surface area contributed by atoms with Gasteiger partial charge in [0.2, 0.25) is 0 Å². The van der Waals surface area contributed by atoms with Gasteiger partial charge in [-0.15, -0.1) is 0 Å². The highest BCUT2D eigenvalue weighted by atomic mass is 35.5. The number of benzene rings is 1. The zero-order chi connectivity index (χ0) is 16.9. The number of ketones is 1. The van der Waals surface area contributed by atoms with E-state index in [1.54, 1.807) is 13.2 Å². The van der Waals surface area contributed by atoms with Crippen LogP contribution in [0, 0.1) is 0 Å². The molecule has 6 heteroatoms. The van der Waals surface area contributed by atoms with E-state index in [2.05, 4.69) is 14.1 Å². The van der Waals surface area contributed by atoms with E-state index >= 15 is 0 Å². The maximum Gasteiger partial charge on any atom is 0.174 e. The normalized spacial score (nSPS) is 39.2. The van der Waals surface area contributed by atoms with Crippen LogP contribution in [0.5, 0.6) is 11.5 Å². The van der Waals surface area contributed by atoms with E-state index < -0.39 is 17.1 Å². The molecule has 2 aliphatic carbocycles. The van der Waals surface area contributed by atoms with Gasteiger partial charge in [0, 0.05) is 31.9 Å². The molecule has 1 saturated carbocycles. The molecule has 2 aliphatic heterocycles. The van der Waals surface area contributed by atoms with E-state index in [0.717, 1.165) is 35.9 Å². The van der Waals surface area contributed by atoms with Gasteiger partial charge in [-0.25, -0.2) is 0 Å². The molecule has 1 spiro atoms. The topological polar surface area (TPSA) is 55.8 Å². The first kappa shape index (κ1) is 17.1. The third-order valence-corrected chi connectivity index (χ3v) is 7.38. The van der Waals surface area contributed by atoms with Crippen molar-refractivity contribution in [3.8, 4) is 11.5 Å². The predicted octanol–water partition coefficient (Wildman–Crippen LogP) is -1.45. The molecule has 0 aromatic heterocycles. The SMILES string of the molecule is CO[C@@]12CCC(=O)[C@@H]3Oc4c(O)ccc5c4[C@@]31CC[N+](C)(C)[C@@H]2C5.[Cl-]. The largest absolute Gasteiger partial charge is 1.00 e. The van der Waals surface area contributed by atoms with Gasteiger partial charge in [0.15, 0.2) is 23.4 Å². The maximum atomic E-state index is 12.8. The smallest absolute Gasteiger partial charge is 0.174 e. The zero-order valence-electron chi connectivity index (χ0n) is 14.8. The number of carbonyl (C=O) groups excluding carboxylic acids is 1. The summed E-state index contributed by atoms with van der Waals surface area (Å²) >= 11 is 0. The van der Waals surface area contributed by atoms with Gasteiger partial charge in [0.25, 0.3) is 0 Å². The Bertz CT molecular complexity index is 779. The van der Waals surface area contributed by atoms with Crippen LogP contribution in [0.1, 0.15) is 30.4 Å². The molecule has 0 radical (unpaired) electrons. The molecule has 2 bridgehead atoms. The first-order valence-corrected chi connectivity index (χ1v) is 8.80. The van der Waals surface area contributed by atoms with Gasteiger partial charge < -0.3 is 31.5 Å². The molecule has 2 heterocycles. The Balaban J connectivity index is 0.00000157. The number of phenolic OH excluding ortho intramolecular Hbond substituents is 1. The Morgan fingerprint density at radius 3 is 2.80 bits per heavy atom. The minimum atomic E-state index is -0.517. The van der Waals surface area contributed by atoms with Gasteiger partial charge in [-0.2, -0.15) is 0 Å². The van der Waals surface area contributed by atoms with Gasteiger partial charge in [0.1, 0.15) is 11.6 Å². The number of phenols is 1. The van der Waals surface area contributed by atoms with E-state index in [1.807, 2.05) is 6.07 Å². The van der Waals surface area contributed by atoms with E-state index in [9.17, 15) is 9.90 Å². The van der Waals surface area contributed by atoms with Crippen LogP contribution in [-0.2, 0) is 21.4 Å². The molecule has 4 atom stereocenters. The fourth-order valence-electron chi connectivity index (χ4n) is 6.33. The van der Waals surface area contributed by atoms with Crippen LogP contribution >= 0.6 is 0 Å². The van der Waals surface area contributed by atoms with E-state index in [4.69, 9.17) is 9.47 Å². The Morgan fingerprint density at radius 2 is 2.08 bits per heavy atom. The number of likely N-dealkylation sites (tertiary alicyclic amines) is 1. The Labute approximate surface area is 153 Å². The van der Waals surface area contributed by atoms with E-state index in [0.29, 0.717) is 18.2 Å². The molecule has 1 N–H and O–H groups in total. The van der Waals surface area contributed by atoms with Crippen LogP contribution in [0.25, 0.3) is 0 Å². The summed E-state index contributed by atoms with van der Waals surface area (Å²) < 4.78 is 13.3. The van der Waals surface area contributed by atoms with Gasteiger partial charge >= 0.3 is 0 Å². The summed E-state index contributed by atoms with van der Waals surface area (Å²) in [5, 5.41) is 10.4. The van der Waals surface area contributed by atoms with Crippen molar-refractivity contribution in [2.45, 2.75) is 48.8 Å². The quantitative estimate of drug-likeness (QED) is 0.619. The number of halogens is 1. The van der Waals surface area contributed by atoms with Crippen molar-refractivity contribution in [2.75, 3.05) is 27.7 Å². The number of hydrogen-bond donors (Lipinski definition) is 1. The Kier molecular flexibility index (Phi) is 3.36. The minimum Gasteiger partial charge on any atom is -1.00 e. The molecule has 1 aromatic carbocycles. The van der Waals surface area contributed by atoms with Gasteiger partial charge in [-0.05, 0) is 18.1 Å². The molecule has 25 heavy (non-hydrogen) atoms. The molecule has 0 amide bonds. The maximum absolute atomic E-state index is 12.8. The third kappa shape index (κ3) is 1.65. The fourth-order valence-corrected chi connectivity index (χ4v) is 6.33. The van der Waals surface area contributed by atoms with Crippen molar-refractivity contribution in [1.82, 2.24) is 0 Å². The summed E-state index contributed by atoms with van der Waals surface area (Å²) in [4.78, 5) is 12.8. The molecule has 1 aromatic rings. The lowest BCUT2D eigenvalue weighted by molar-refractivity contribution is -0.931. The van der Waals surface area contributed by atoms with Crippen LogP contribution < -0.4 is 17.1 Å². The number of nitrogens with zero attached hydrogens (tertiary/aromatic N) is 1. The lowest BCUT2D eigenvalue weighted by Crippen LogP contribution is -3.00. The van der Waals surface area contributed by atoms with Crippen LogP contribution in [0.15, 0.2) is 12.1 Å². The van der Waals surface area contributed by atoms with E-state index in [-0.39, 0.29) is 23.9 Å². The van der Waals surface area contributed by atoms with Crippen LogP contribution in [0.4, 0.5) is 0 Å². The number of methoxy groups -OCH3 is 1. The van der Waals surface area contributed by atoms with Gasteiger partial charge in [-0.3, -0.25) is 4.79 Å². The molecule has 1 saturated heterocycles. The second-order valence-electron chi connectivity index (χ2n) is 8.45. The first-order valence-electron chi connectivity index (χ1n) is 8.80. The Hall–Kier alpha value is -1.30. The molecular formula is C19H24ClNO4. The number of rotatable bonds is 1. The molecule has 2 fully saturated rings. The zero-order valence-corrected chi connectivity index (χ0v) is 15.6. The highest BCUT2D eigenvalue weighted by molar-refractivity contribution is 5.90. The summed E-state index contributed by atoms with van der Waals surface area (Å²) in [6.45, 7) is 0.984. The van der Waals surface area contributed by atoms with Gasteiger partial charge in [0.05, 0.1) is 26.1 Å². The van der Waals surface area contributed by atoms with Crippen molar-refractivity contribution in [1.29, 1.82) is 0 Å². The lowest BCUT2D eigenvalue weighted by Gasteiger charge is -2.64. The number of hydrogen-bond acceptors (Lipinski definition) is 4. The van der Waals surface area contributed by atoms with Crippen molar-refractivity contribution < 1.29 is 36.3 Å². The second kappa shape index (κ2) is 4.90. The van der Waals surface area contributed by atoms with Crippen LogP contribution in [-0.4, -0.2) is 60.9 Å². The first-order chi connectivity index (χ1) is 11.4. The van der Waals surface area contributed by atoms with Crippen molar-refractivity contribution in [3.63, 3.8) is 0 Å². The Morgan fingerprint density at radius 1 is 1.32 bits per heavy atom. The minimum absolute atomic E-state index is 0. The number of Topliss-reactive ketones (excluding diaryl/α,β-unsaturated/α-hetero) is 1. The molecular weight excluding hydrogens is 342 g/mol. The van der Waals surface area contributed by atoms with Crippen molar-refractivity contribution >= 4 is 5.78 Å². The molecule has 4 aliphatic rings. The number of quaternary nitrogens is 1. The van der Waals surface area contributed by atoms with E-state index in [1.165, 1.54) is 5.56 Å². The lowest BCUT2D eigenvalue weighted by atomic mass is 9.48. The number of aromatic hydroxyl groups is 1. The molecule has 5 rings (SSSR count). The summed E-state index contributed by atoms with van der Waals surface area (Å²) in [7, 11) is 6.33. The van der Waals surface area contributed by atoms with Crippen LogP contribution in [0.3, 0.4) is 0 Å². The second-order valence-corrected chi connectivity index (χ2v) is 8.45. The monoisotopic (exact) mass is 365 g/mol. The number of piperidine rings is 1. The van der Waals surface area contributed by atoms with Crippen molar-refractivity contribution in [2.24, 2.45) is 0 Å². The average Bonchev–Trinajstić information content (AvgIpc) is 2.92. The number of ether oxygens (including phenoxy) is 2. The predicted molar refractivity (Wildman–Crippen MR) is 87.3 cm³/mol. The fraction of sp³-hybridized carbons (Fsp3) is 0.632. The summed E-state index contributed by atoms with van der Waals surface area (Å²) in [6, 6.07) is 4.01. The summed E-state index contributed by atoms with van der Waals surface area (Å²) in [5.74, 6) is 0.824. The highest BCUT2D eigenvalue weighted by Gasteiger charge is 2.76. The third-order valence-electron chi connectivity index (χ3n) is 7.38. The number of likely N-dealkylation sites (N-methyl/N-ethyl adjacent to an activating group) is 1. The molecule has 5 nitrogen and oxygen atoms in total. The highest BCUT2D eigenvalue weighted by Crippen LogP contribution is 2.66. The molecule has 136 valence electrons. The van der Waals surface area contributed by atoms with Gasteiger partial charge in [-0.1, -0.05) is 6.07 Å². The standard InChI is InChI=1S/C19H23NO4.ClH/c1-20(2)9-8-18-15-11-4-5-12(21)16(15)24-17(18)13(22)6-7-19(18,23-3)14(20)10-11;/h4-5,14,17H,6-10H2,1-3H3;1H/t14-,17+,18+,19-;/m1./s1. The van der Waals surface area contributed by atoms with Crippen molar-refractivity contribution in [3.05, 3.63) is 23.3 Å².